The summed E-state index contributed by atoms with van der Waals surface area (Å²) in [6, 6.07) is -0.0714. The molecule has 1 aliphatic rings. The maximum Gasteiger partial charge on any atom is 0.239 e. The molecule has 3 atom stereocenters. The van der Waals surface area contributed by atoms with Gasteiger partial charge < -0.3 is 16.0 Å². The Hall–Kier alpha value is -1.10. The Bertz CT molecular complexity index is 297. The molecule has 0 saturated heterocycles. The van der Waals surface area contributed by atoms with Crippen LogP contribution in [0, 0.1) is 11.8 Å². The lowest BCUT2D eigenvalue weighted by molar-refractivity contribution is -0.140. The van der Waals surface area contributed by atoms with E-state index in [1.54, 1.807) is 7.05 Å². The largest absolute Gasteiger partial charge is 0.355 e. The zero-order valence-corrected chi connectivity index (χ0v) is 11.6. The first-order valence-corrected chi connectivity index (χ1v) is 6.74. The molecule has 104 valence electrons. The van der Waals surface area contributed by atoms with Crippen molar-refractivity contribution in [2.24, 2.45) is 17.6 Å². The number of nitrogens with one attached hydrogen (secondary N) is 1. The minimum atomic E-state index is -0.141. The van der Waals surface area contributed by atoms with Gasteiger partial charge in [0.2, 0.25) is 11.8 Å². The van der Waals surface area contributed by atoms with E-state index in [1.807, 2.05) is 6.92 Å². The van der Waals surface area contributed by atoms with Crippen LogP contribution in [0.25, 0.3) is 0 Å². The topological polar surface area (TPSA) is 75.4 Å². The first-order valence-electron chi connectivity index (χ1n) is 6.74. The van der Waals surface area contributed by atoms with Gasteiger partial charge in [0.25, 0.3) is 0 Å². The van der Waals surface area contributed by atoms with Crippen molar-refractivity contribution in [1.82, 2.24) is 10.2 Å². The molecule has 3 N–H and O–H groups in total. The first-order chi connectivity index (χ1) is 8.47. The van der Waals surface area contributed by atoms with Gasteiger partial charge in [0.15, 0.2) is 0 Å². The molecule has 5 heteroatoms. The van der Waals surface area contributed by atoms with Crippen molar-refractivity contribution in [2.75, 3.05) is 20.1 Å². The number of amides is 2. The molecule has 1 saturated carbocycles. The van der Waals surface area contributed by atoms with Crippen LogP contribution in [0.1, 0.15) is 33.1 Å². The Morgan fingerprint density at radius 1 is 1.39 bits per heavy atom. The molecule has 0 aromatic heterocycles. The highest BCUT2D eigenvalue weighted by Gasteiger charge is 2.35. The molecule has 0 heterocycles. The smallest absolute Gasteiger partial charge is 0.239 e. The second kappa shape index (κ2) is 6.73. The lowest BCUT2D eigenvalue weighted by Crippen LogP contribution is -2.49. The standard InChI is InChI=1S/C13H25N3O2/c1-4-15-11(17)8-16(3)13(18)12-9(2)6-5-7-10(12)14/h9-10,12H,4-8,14H2,1-3H3,(H,15,17). The minimum absolute atomic E-state index is 0.000882. The summed E-state index contributed by atoms with van der Waals surface area (Å²) in [4.78, 5) is 25.3. The third-order valence-electron chi connectivity index (χ3n) is 3.69. The fourth-order valence-electron chi connectivity index (χ4n) is 2.68. The Morgan fingerprint density at radius 3 is 2.61 bits per heavy atom. The highest BCUT2D eigenvalue weighted by molar-refractivity contribution is 5.86. The summed E-state index contributed by atoms with van der Waals surface area (Å²) in [5.41, 5.74) is 6.05. The van der Waals surface area contributed by atoms with E-state index in [0.29, 0.717) is 12.5 Å². The van der Waals surface area contributed by atoms with Crippen LogP contribution in [-0.4, -0.2) is 42.9 Å². The summed E-state index contributed by atoms with van der Waals surface area (Å²) < 4.78 is 0. The van der Waals surface area contributed by atoms with E-state index in [0.717, 1.165) is 19.3 Å². The van der Waals surface area contributed by atoms with Gasteiger partial charge in [0.05, 0.1) is 12.5 Å². The third kappa shape index (κ3) is 3.70. The fraction of sp³-hybridized carbons (Fsp3) is 0.846. The van der Waals surface area contributed by atoms with Crippen LogP contribution in [0.4, 0.5) is 0 Å². The van der Waals surface area contributed by atoms with Crippen LogP contribution in [0.2, 0.25) is 0 Å². The van der Waals surface area contributed by atoms with E-state index >= 15 is 0 Å². The van der Waals surface area contributed by atoms with Gasteiger partial charge in [-0.25, -0.2) is 0 Å². The molecule has 1 aliphatic carbocycles. The van der Waals surface area contributed by atoms with Gasteiger partial charge in [-0.2, -0.15) is 0 Å². The molecule has 5 nitrogen and oxygen atoms in total. The fourth-order valence-corrected chi connectivity index (χ4v) is 2.68. The summed E-state index contributed by atoms with van der Waals surface area (Å²) in [7, 11) is 1.67. The SMILES string of the molecule is CCNC(=O)CN(C)C(=O)C1C(C)CCCC1N. The second-order valence-electron chi connectivity index (χ2n) is 5.25. The summed E-state index contributed by atoms with van der Waals surface area (Å²) in [6.45, 7) is 4.63. The number of hydrogen-bond acceptors (Lipinski definition) is 3. The van der Waals surface area contributed by atoms with Gasteiger partial charge in [0, 0.05) is 19.6 Å². The Kier molecular flexibility index (Phi) is 5.59. The molecule has 0 aromatic rings. The van der Waals surface area contributed by atoms with E-state index in [1.165, 1.54) is 4.90 Å². The predicted octanol–water partition coefficient (Wildman–Crippen LogP) is 0.344. The average molecular weight is 255 g/mol. The van der Waals surface area contributed by atoms with Crippen molar-refractivity contribution in [3.05, 3.63) is 0 Å². The number of rotatable bonds is 4. The maximum atomic E-state index is 12.3. The van der Waals surface area contributed by atoms with Crippen LogP contribution in [0.3, 0.4) is 0 Å². The van der Waals surface area contributed by atoms with Crippen LogP contribution in [0.5, 0.6) is 0 Å². The van der Waals surface area contributed by atoms with E-state index in [9.17, 15) is 9.59 Å². The predicted molar refractivity (Wildman–Crippen MR) is 70.8 cm³/mol. The van der Waals surface area contributed by atoms with Gasteiger partial charge >= 0.3 is 0 Å². The third-order valence-corrected chi connectivity index (χ3v) is 3.69. The van der Waals surface area contributed by atoms with Crippen LogP contribution in [0.15, 0.2) is 0 Å². The van der Waals surface area contributed by atoms with Crippen molar-refractivity contribution in [3.63, 3.8) is 0 Å². The van der Waals surface area contributed by atoms with Crippen molar-refractivity contribution in [3.8, 4) is 0 Å². The van der Waals surface area contributed by atoms with E-state index in [2.05, 4.69) is 12.2 Å². The number of likely N-dealkylation sites (N-methyl/N-ethyl adjacent to an activating group) is 2. The first kappa shape index (κ1) is 15.0. The molecule has 0 bridgehead atoms. The Labute approximate surface area is 109 Å². The monoisotopic (exact) mass is 255 g/mol. The Morgan fingerprint density at radius 2 is 2.06 bits per heavy atom. The molecule has 0 radical (unpaired) electrons. The highest BCUT2D eigenvalue weighted by atomic mass is 16.2. The maximum absolute atomic E-state index is 12.3. The average Bonchev–Trinajstić information content (AvgIpc) is 2.28. The quantitative estimate of drug-likeness (QED) is 0.761. The lowest BCUT2D eigenvalue weighted by Gasteiger charge is -2.35. The van der Waals surface area contributed by atoms with E-state index < -0.39 is 0 Å². The lowest BCUT2D eigenvalue weighted by atomic mass is 9.76. The van der Waals surface area contributed by atoms with Crippen molar-refractivity contribution < 1.29 is 9.59 Å². The molecule has 2 amide bonds. The molecule has 1 rings (SSSR count). The molecular formula is C13H25N3O2. The van der Waals surface area contributed by atoms with Gasteiger partial charge in [-0.15, -0.1) is 0 Å². The molecule has 3 unspecified atom stereocenters. The zero-order valence-electron chi connectivity index (χ0n) is 11.6. The van der Waals surface area contributed by atoms with Crippen molar-refractivity contribution in [1.29, 1.82) is 0 Å². The van der Waals surface area contributed by atoms with Gasteiger partial charge in [-0.1, -0.05) is 13.3 Å². The van der Waals surface area contributed by atoms with E-state index in [-0.39, 0.29) is 30.3 Å². The van der Waals surface area contributed by atoms with Gasteiger partial charge in [-0.3, -0.25) is 9.59 Å². The van der Waals surface area contributed by atoms with Crippen molar-refractivity contribution in [2.45, 2.75) is 39.2 Å². The Balaban J connectivity index is 2.58. The minimum Gasteiger partial charge on any atom is -0.355 e. The number of nitrogens with zero attached hydrogens (tertiary/aromatic N) is 1. The van der Waals surface area contributed by atoms with Crippen molar-refractivity contribution >= 4 is 11.8 Å². The molecule has 0 spiro atoms. The number of carbonyl (C=O) groups is 2. The summed E-state index contributed by atoms with van der Waals surface area (Å²) in [5, 5.41) is 2.69. The number of carbonyl (C=O) groups excluding carboxylic acids is 2. The van der Waals surface area contributed by atoms with E-state index in [4.69, 9.17) is 5.73 Å². The van der Waals surface area contributed by atoms with Crippen LogP contribution < -0.4 is 11.1 Å². The molecule has 1 fully saturated rings. The summed E-state index contributed by atoms with van der Waals surface area (Å²) in [6.07, 6.45) is 3.03. The zero-order chi connectivity index (χ0) is 13.7. The van der Waals surface area contributed by atoms with Gasteiger partial charge in [-0.05, 0) is 25.7 Å². The number of hydrogen-bond donors (Lipinski definition) is 2. The van der Waals surface area contributed by atoms with Gasteiger partial charge in [0.1, 0.15) is 0 Å². The molecular weight excluding hydrogens is 230 g/mol. The van der Waals surface area contributed by atoms with Crippen LogP contribution >= 0.6 is 0 Å². The number of nitrogens with two attached hydrogens (primary N) is 1. The van der Waals surface area contributed by atoms with Crippen LogP contribution in [-0.2, 0) is 9.59 Å². The molecule has 0 aliphatic heterocycles. The molecule has 0 aromatic carbocycles. The molecule has 18 heavy (non-hydrogen) atoms. The summed E-state index contributed by atoms with van der Waals surface area (Å²) in [5.74, 6) is 0.0439. The normalized spacial score (nSPS) is 27.7. The second-order valence-corrected chi connectivity index (χ2v) is 5.25. The summed E-state index contributed by atoms with van der Waals surface area (Å²) >= 11 is 0. The highest BCUT2D eigenvalue weighted by Crippen LogP contribution is 2.30.